The lowest BCUT2D eigenvalue weighted by Gasteiger charge is -2.27. The molecule has 0 radical (unpaired) electrons. The van der Waals surface area contributed by atoms with Gasteiger partial charge in [0.05, 0.1) is 12.9 Å². The van der Waals surface area contributed by atoms with Crippen LogP contribution in [0.4, 0.5) is 0 Å². The summed E-state index contributed by atoms with van der Waals surface area (Å²) in [6, 6.07) is 0. The normalized spacial score (nSPS) is 34.3. The molecular formula is C12H18O3. The van der Waals surface area contributed by atoms with Crippen LogP contribution in [-0.2, 0) is 14.3 Å². The minimum Gasteiger partial charge on any atom is -0.501 e. The fraction of sp³-hybridized carbons (Fsp3) is 0.750. The van der Waals surface area contributed by atoms with Gasteiger partial charge in [-0.1, -0.05) is 0 Å². The number of rotatable bonds is 2. The Morgan fingerprint density at radius 1 is 1.47 bits per heavy atom. The van der Waals surface area contributed by atoms with E-state index in [2.05, 4.69) is 6.08 Å². The topological polar surface area (TPSA) is 35.5 Å². The van der Waals surface area contributed by atoms with Crippen LogP contribution in [0, 0.1) is 11.8 Å². The van der Waals surface area contributed by atoms with Gasteiger partial charge in [-0.15, -0.1) is 0 Å². The molecule has 1 fully saturated rings. The van der Waals surface area contributed by atoms with E-state index in [1.165, 1.54) is 6.92 Å². The molecule has 3 atom stereocenters. The maximum Gasteiger partial charge on any atom is 0.302 e. The third-order valence-electron chi connectivity index (χ3n) is 3.57. The first kappa shape index (κ1) is 10.5. The number of ether oxygens (including phenoxy) is 2. The number of methoxy groups -OCH3 is 1. The number of carbonyl (C=O) groups excluding carboxylic acids is 1. The highest BCUT2D eigenvalue weighted by Gasteiger charge is 2.39. The molecule has 0 aromatic carbocycles. The molecule has 84 valence electrons. The summed E-state index contributed by atoms with van der Waals surface area (Å²) in [7, 11) is 1.73. The lowest BCUT2D eigenvalue weighted by Crippen LogP contribution is -2.26. The van der Waals surface area contributed by atoms with Crippen LogP contribution in [0.5, 0.6) is 0 Å². The average Bonchev–Trinajstić information content (AvgIpc) is 2.60. The van der Waals surface area contributed by atoms with E-state index >= 15 is 0 Å². The van der Waals surface area contributed by atoms with Crippen molar-refractivity contribution in [2.45, 2.75) is 38.7 Å². The van der Waals surface area contributed by atoms with Crippen molar-refractivity contribution in [1.29, 1.82) is 0 Å². The van der Waals surface area contributed by atoms with Gasteiger partial charge in [-0.25, -0.2) is 0 Å². The molecule has 0 aromatic heterocycles. The van der Waals surface area contributed by atoms with E-state index in [0.29, 0.717) is 11.8 Å². The van der Waals surface area contributed by atoms with E-state index in [4.69, 9.17) is 9.47 Å². The molecule has 0 aromatic rings. The summed E-state index contributed by atoms with van der Waals surface area (Å²) in [5.74, 6) is 2.11. The predicted octanol–water partition coefficient (Wildman–Crippen LogP) is 2.27. The van der Waals surface area contributed by atoms with E-state index in [1.54, 1.807) is 7.11 Å². The summed E-state index contributed by atoms with van der Waals surface area (Å²) >= 11 is 0. The summed E-state index contributed by atoms with van der Waals surface area (Å²) in [6.07, 6.45) is 6.46. The van der Waals surface area contributed by atoms with Gasteiger partial charge in [0, 0.05) is 19.3 Å². The monoisotopic (exact) mass is 210 g/mol. The van der Waals surface area contributed by atoms with E-state index in [0.717, 1.165) is 31.4 Å². The smallest absolute Gasteiger partial charge is 0.302 e. The second-order valence-corrected chi connectivity index (χ2v) is 4.46. The molecular weight excluding hydrogens is 192 g/mol. The van der Waals surface area contributed by atoms with Crippen LogP contribution in [0.25, 0.3) is 0 Å². The summed E-state index contributed by atoms with van der Waals surface area (Å²) in [5, 5.41) is 0. The van der Waals surface area contributed by atoms with Crippen LogP contribution >= 0.6 is 0 Å². The predicted molar refractivity (Wildman–Crippen MR) is 56.1 cm³/mol. The molecule has 3 nitrogen and oxygen atoms in total. The van der Waals surface area contributed by atoms with Gasteiger partial charge < -0.3 is 9.47 Å². The Morgan fingerprint density at radius 2 is 2.27 bits per heavy atom. The first-order valence-corrected chi connectivity index (χ1v) is 5.61. The lowest BCUT2D eigenvalue weighted by atomic mass is 9.84. The lowest BCUT2D eigenvalue weighted by molar-refractivity contribution is -0.148. The molecule has 3 unspecified atom stereocenters. The molecule has 0 amide bonds. The van der Waals surface area contributed by atoms with Crippen LogP contribution in [0.3, 0.4) is 0 Å². The Kier molecular flexibility index (Phi) is 2.98. The van der Waals surface area contributed by atoms with Crippen molar-refractivity contribution < 1.29 is 14.3 Å². The molecule has 0 aliphatic heterocycles. The van der Waals surface area contributed by atoms with Crippen molar-refractivity contribution in [3.05, 3.63) is 11.8 Å². The first-order chi connectivity index (χ1) is 7.20. The number of hydrogen-bond donors (Lipinski definition) is 0. The van der Waals surface area contributed by atoms with Gasteiger partial charge in [0.25, 0.3) is 0 Å². The Labute approximate surface area is 90.4 Å². The standard InChI is InChI=1S/C12H18O3/c1-8(13)15-12-6-3-9-7-10(14-2)4-5-11(9)12/h4,9,11-12H,3,5-7H2,1-2H3. The summed E-state index contributed by atoms with van der Waals surface area (Å²) in [4.78, 5) is 10.9. The van der Waals surface area contributed by atoms with Crippen LogP contribution < -0.4 is 0 Å². The number of allylic oxidation sites excluding steroid dienone is 2. The maximum atomic E-state index is 10.9. The van der Waals surface area contributed by atoms with E-state index < -0.39 is 0 Å². The maximum absolute atomic E-state index is 10.9. The highest BCUT2D eigenvalue weighted by Crippen LogP contribution is 2.43. The highest BCUT2D eigenvalue weighted by atomic mass is 16.5. The van der Waals surface area contributed by atoms with Gasteiger partial charge in [-0.2, -0.15) is 0 Å². The molecule has 0 bridgehead atoms. The zero-order chi connectivity index (χ0) is 10.8. The molecule has 0 spiro atoms. The van der Waals surface area contributed by atoms with Gasteiger partial charge in [0.15, 0.2) is 0 Å². The van der Waals surface area contributed by atoms with E-state index in [1.807, 2.05) is 0 Å². The van der Waals surface area contributed by atoms with Crippen molar-refractivity contribution in [3.8, 4) is 0 Å². The summed E-state index contributed by atoms with van der Waals surface area (Å²) in [6.45, 7) is 1.49. The van der Waals surface area contributed by atoms with Crippen molar-refractivity contribution in [1.82, 2.24) is 0 Å². The number of esters is 1. The molecule has 0 saturated heterocycles. The van der Waals surface area contributed by atoms with Crippen molar-refractivity contribution in [2.24, 2.45) is 11.8 Å². The van der Waals surface area contributed by atoms with Crippen LogP contribution in [0.1, 0.15) is 32.6 Å². The SMILES string of the molecule is COC1=CCC2C(CCC2OC(C)=O)C1. The zero-order valence-electron chi connectivity index (χ0n) is 9.36. The summed E-state index contributed by atoms with van der Waals surface area (Å²) < 4.78 is 10.6. The number of carbonyl (C=O) groups is 1. The van der Waals surface area contributed by atoms with E-state index in [9.17, 15) is 4.79 Å². The van der Waals surface area contributed by atoms with Crippen molar-refractivity contribution in [2.75, 3.05) is 7.11 Å². The van der Waals surface area contributed by atoms with Gasteiger partial charge in [0.1, 0.15) is 6.10 Å². The fourth-order valence-electron chi connectivity index (χ4n) is 2.84. The fourth-order valence-corrected chi connectivity index (χ4v) is 2.84. The molecule has 1 saturated carbocycles. The van der Waals surface area contributed by atoms with Gasteiger partial charge in [0.2, 0.25) is 0 Å². The number of hydrogen-bond acceptors (Lipinski definition) is 3. The van der Waals surface area contributed by atoms with Gasteiger partial charge in [-0.05, 0) is 31.3 Å². The molecule has 2 rings (SSSR count). The number of fused-ring (bicyclic) bond motifs is 1. The largest absolute Gasteiger partial charge is 0.501 e. The van der Waals surface area contributed by atoms with Crippen LogP contribution in [-0.4, -0.2) is 19.2 Å². The van der Waals surface area contributed by atoms with E-state index in [-0.39, 0.29) is 12.1 Å². The Balaban J connectivity index is 1.99. The molecule has 2 aliphatic carbocycles. The Hall–Kier alpha value is -0.990. The van der Waals surface area contributed by atoms with Crippen molar-refractivity contribution in [3.63, 3.8) is 0 Å². The third kappa shape index (κ3) is 2.16. The van der Waals surface area contributed by atoms with Gasteiger partial charge in [-0.3, -0.25) is 4.79 Å². The Morgan fingerprint density at radius 3 is 2.93 bits per heavy atom. The second kappa shape index (κ2) is 4.25. The van der Waals surface area contributed by atoms with Gasteiger partial charge >= 0.3 is 5.97 Å². The van der Waals surface area contributed by atoms with Crippen molar-refractivity contribution >= 4 is 5.97 Å². The second-order valence-electron chi connectivity index (χ2n) is 4.46. The molecule has 2 aliphatic rings. The first-order valence-electron chi connectivity index (χ1n) is 5.61. The third-order valence-corrected chi connectivity index (χ3v) is 3.57. The summed E-state index contributed by atoms with van der Waals surface area (Å²) in [5.41, 5.74) is 0. The van der Waals surface area contributed by atoms with Crippen LogP contribution in [0.15, 0.2) is 11.8 Å². The minimum atomic E-state index is -0.151. The molecule has 0 N–H and O–H groups in total. The zero-order valence-corrected chi connectivity index (χ0v) is 9.36. The average molecular weight is 210 g/mol. The quantitative estimate of drug-likeness (QED) is 0.656. The molecule has 0 heterocycles. The minimum absolute atomic E-state index is 0.141. The molecule has 15 heavy (non-hydrogen) atoms. The van der Waals surface area contributed by atoms with Crippen LogP contribution in [0.2, 0.25) is 0 Å². The Bertz CT molecular complexity index is 283. The highest BCUT2D eigenvalue weighted by molar-refractivity contribution is 5.66. The molecule has 3 heteroatoms.